The molecule has 6 nitrogen and oxygen atoms in total. The Kier molecular flexibility index (Phi) is 5.32. The van der Waals surface area contributed by atoms with Crippen LogP contribution in [0.1, 0.15) is 37.7 Å². The van der Waals surface area contributed by atoms with Crippen LogP contribution in [0.2, 0.25) is 0 Å². The van der Waals surface area contributed by atoms with E-state index in [1.54, 1.807) is 0 Å². The molecular weight excluding hydrogens is 340 g/mol. The highest BCUT2D eigenvalue weighted by atomic mass is 16.2. The maximum Gasteiger partial charge on any atom is 0.317 e. The minimum absolute atomic E-state index is 0.00840. The van der Waals surface area contributed by atoms with Crippen LogP contribution in [0.4, 0.5) is 4.79 Å². The number of carbonyl (C=O) groups is 2. The molecule has 2 N–H and O–H groups in total. The molecule has 3 heterocycles. The molecule has 2 saturated heterocycles. The van der Waals surface area contributed by atoms with Gasteiger partial charge in [-0.05, 0) is 61.3 Å². The number of nitrogens with one attached hydrogen (secondary N) is 2. The van der Waals surface area contributed by atoms with Gasteiger partial charge in [-0.2, -0.15) is 0 Å². The summed E-state index contributed by atoms with van der Waals surface area (Å²) in [6.07, 6.45) is 7.53. The number of benzene rings is 1. The lowest BCUT2D eigenvalue weighted by Gasteiger charge is -2.37. The minimum Gasteiger partial charge on any atom is -0.361 e. The summed E-state index contributed by atoms with van der Waals surface area (Å²) in [4.78, 5) is 31.7. The average molecular weight is 368 g/mol. The van der Waals surface area contributed by atoms with E-state index >= 15 is 0 Å². The van der Waals surface area contributed by atoms with Crippen molar-refractivity contribution in [2.75, 3.05) is 26.2 Å². The van der Waals surface area contributed by atoms with Crippen LogP contribution in [0.5, 0.6) is 0 Å². The zero-order valence-electron chi connectivity index (χ0n) is 15.7. The third kappa shape index (κ3) is 4.10. The fourth-order valence-electron chi connectivity index (χ4n) is 4.28. The van der Waals surface area contributed by atoms with Crippen LogP contribution in [0.3, 0.4) is 0 Å². The van der Waals surface area contributed by atoms with Gasteiger partial charge in [0, 0.05) is 44.3 Å². The summed E-state index contributed by atoms with van der Waals surface area (Å²) in [6.45, 7) is 2.94. The van der Waals surface area contributed by atoms with E-state index in [-0.39, 0.29) is 18.0 Å². The number of carbonyl (C=O) groups excluding carboxylic acids is 2. The smallest absolute Gasteiger partial charge is 0.317 e. The van der Waals surface area contributed by atoms with E-state index in [0.29, 0.717) is 19.5 Å². The van der Waals surface area contributed by atoms with Gasteiger partial charge in [0.2, 0.25) is 5.91 Å². The molecule has 0 radical (unpaired) electrons. The van der Waals surface area contributed by atoms with Crippen LogP contribution in [-0.2, 0) is 11.2 Å². The first kappa shape index (κ1) is 17.9. The van der Waals surface area contributed by atoms with Crippen molar-refractivity contribution in [1.82, 2.24) is 20.1 Å². The second-order valence-electron chi connectivity index (χ2n) is 7.67. The molecule has 1 atom stereocenters. The first-order valence-corrected chi connectivity index (χ1v) is 10.1. The average Bonchev–Trinajstić information content (AvgIpc) is 3.31. The van der Waals surface area contributed by atoms with Crippen LogP contribution in [-0.4, -0.2) is 58.9 Å². The molecule has 0 saturated carbocycles. The molecule has 2 aliphatic heterocycles. The van der Waals surface area contributed by atoms with E-state index in [4.69, 9.17) is 0 Å². The molecule has 0 bridgehead atoms. The van der Waals surface area contributed by atoms with Crippen LogP contribution < -0.4 is 5.32 Å². The standard InChI is InChI=1S/C21H28N4O2/c26-20-5-3-12-24(20)15-18-4-1-2-13-25(18)21(27)23-10-8-16-6-7-19-17(14-16)9-11-22-19/h6-7,9,11,14,18,22H,1-5,8,10,12-13,15H2,(H,23,27). The zero-order valence-corrected chi connectivity index (χ0v) is 15.7. The number of likely N-dealkylation sites (tertiary alicyclic amines) is 2. The van der Waals surface area contributed by atoms with Gasteiger partial charge in [-0.15, -0.1) is 0 Å². The Hall–Kier alpha value is -2.50. The Balaban J connectivity index is 1.30. The number of aromatic amines is 1. The lowest BCUT2D eigenvalue weighted by atomic mass is 10.0. The molecule has 1 unspecified atom stereocenters. The molecule has 6 heteroatoms. The van der Waals surface area contributed by atoms with Crippen LogP contribution in [0.15, 0.2) is 30.5 Å². The molecule has 0 spiro atoms. The molecule has 27 heavy (non-hydrogen) atoms. The summed E-state index contributed by atoms with van der Waals surface area (Å²) in [7, 11) is 0. The van der Waals surface area contributed by atoms with Crippen molar-refractivity contribution in [2.45, 2.75) is 44.6 Å². The number of H-pyrrole nitrogens is 1. The largest absolute Gasteiger partial charge is 0.361 e. The number of amides is 3. The van der Waals surface area contributed by atoms with Crippen molar-refractivity contribution in [3.63, 3.8) is 0 Å². The normalized spacial score (nSPS) is 20.4. The lowest BCUT2D eigenvalue weighted by Crippen LogP contribution is -2.53. The van der Waals surface area contributed by atoms with E-state index in [0.717, 1.165) is 50.7 Å². The third-order valence-corrected chi connectivity index (χ3v) is 5.80. The summed E-state index contributed by atoms with van der Waals surface area (Å²) in [5.41, 5.74) is 2.36. The Morgan fingerprint density at radius 1 is 1.19 bits per heavy atom. The van der Waals surface area contributed by atoms with Crippen molar-refractivity contribution in [3.05, 3.63) is 36.0 Å². The van der Waals surface area contributed by atoms with Crippen LogP contribution in [0.25, 0.3) is 10.9 Å². The fraction of sp³-hybridized carbons (Fsp3) is 0.524. The maximum atomic E-state index is 12.7. The zero-order chi connectivity index (χ0) is 18.6. The van der Waals surface area contributed by atoms with Crippen molar-refractivity contribution in [1.29, 1.82) is 0 Å². The molecule has 0 aliphatic carbocycles. The number of hydrogen-bond donors (Lipinski definition) is 2. The Morgan fingerprint density at radius 2 is 2.11 bits per heavy atom. The summed E-state index contributed by atoms with van der Waals surface area (Å²) in [5.74, 6) is 0.237. The van der Waals surface area contributed by atoms with Gasteiger partial charge in [0.15, 0.2) is 0 Å². The SMILES string of the molecule is O=C1CCCN1CC1CCCCN1C(=O)NCCc1ccc2[nH]ccc2c1. The topological polar surface area (TPSA) is 68.4 Å². The van der Waals surface area contributed by atoms with E-state index in [9.17, 15) is 9.59 Å². The van der Waals surface area contributed by atoms with Gasteiger partial charge in [0.05, 0.1) is 6.04 Å². The van der Waals surface area contributed by atoms with E-state index in [1.165, 1.54) is 10.9 Å². The Labute approximate surface area is 159 Å². The molecule has 4 rings (SSSR count). The van der Waals surface area contributed by atoms with Gasteiger partial charge in [-0.3, -0.25) is 4.79 Å². The summed E-state index contributed by atoms with van der Waals surface area (Å²) < 4.78 is 0. The number of piperidine rings is 1. The number of fused-ring (bicyclic) bond motifs is 1. The first-order valence-electron chi connectivity index (χ1n) is 10.1. The van der Waals surface area contributed by atoms with Gasteiger partial charge in [-0.1, -0.05) is 6.07 Å². The quantitative estimate of drug-likeness (QED) is 0.852. The summed E-state index contributed by atoms with van der Waals surface area (Å²) in [5, 5.41) is 4.28. The highest BCUT2D eigenvalue weighted by Crippen LogP contribution is 2.21. The second kappa shape index (κ2) is 8.03. The lowest BCUT2D eigenvalue weighted by molar-refractivity contribution is -0.128. The number of nitrogens with zero attached hydrogens (tertiary/aromatic N) is 2. The van der Waals surface area contributed by atoms with Crippen molar-refractivity contribution in [2.24, 2.45) is 0 Å². The molecule has 144 valence electrons. The molecule has 2 aliphatic rings. The van der Waals surface area contributed by atoms with Crippen LogP contribution >= 0.6 is 0 Å². The fourth-order valence-corrected chi connectivity index (χ4v) is 4.28. The molecule has 3 amide bonds. The molecule has 1 aromatic heterocycles. The third-order valence-electron chi connectivity index (χ3n) is 5.80. The summed E-state index contributed by atoms with van der Waals surface area (Å²) >= 11 is 0. The van der Waals surface area contributed by atoms with Crippen molar-refractivity contribution in [3.8, 4) is 0 Å². The number of rotatable bonds is 5. The predicted molar refractivity (Wildman–Crippen MR) is 106 cm³/mol. The Bertz CT molecular complexity index is 815. The molecule has 2 aromatic rings. The van der Waals surface area contributed by atoms with Gasteiger partial charge < -0.3 is 20.1 Å². The second-order valence-corrected chi connectivity index (χ2v) is 7.67. The van der Waals surface area contributed by atoms with Gasteiger partial charge >= 0.3 is 6.03 Å². The molecular formula is C21H28N4O2. The molecule has 2 fully saturated rings. The number of urea groups is 1. The molecule has 1 aromatic carbocycles. The van der Waals surface area contributed by atoms with E-state index in [1.807, 2.05) is 16.0 Å². The highest BCUT2D eigenvalue weighted by molar-refractivity contribution is 5.80. The van der Waals surface area contributed by atoms with Crippen LogP contribution in [0, 0.1) is 0 Å². The van der Waals surface area contributed by atoms with Crippen molar-refractivity contribution < 1.29 is 9.59 Å². The van der Waals surface area contributed by atoms with E-state index in [2.05, 4.69) is 34.6 Å². The minimum atomic E-state index is 0.00840. The Morgan fingerprint density at radius 3 is 2.96 bits per heavy atom. The number of aromatic nitrogens is 1. The number of hydrogen-bond acceptors (Lipinski definition) is 2. The highest BCUT2D eigenvalue weighted by Gasteiger charge is 2.31. The first-order chi connectivity index (χ1) is 13.2. The summed E-state index contributed by atoms with van der Waals surface area (Å²) in [6, 6.07) is 8.58. The van der Waals surface area contributed by atoms with Gasteiger partial charge in [-0.25, -0.2) is 4.79 Å². The van der Waals surface area contributed by atoms with Crippen molar-refractivity contribution >= 4 is 22.8 Å². The van der Waals surface area contributed by atoms with Gasteiger partial charge in [0.25, 0.3) is 0 Å². The predicted octanol–water partition coefficient (Wildman–Crippen LogP) is 2.90. The van der Waals surface area contributed by atoms with E-state index < -0.39 is 0 Å². The van der Waals surface area contributed by atoms with Gasteiger partial charge in [0.1, 0.15) is 0 Å². The maximum absolute atomic E-state index is 12.7. The monoisotopic (exact) mass is 368 g/mol.